The number of unbranched alkanes of at least 4 members (excludes halogenated alkanes) is 33. The third-order valence-corrected chi connectivity index (χ3v) is 18.1. The average molecular weight is 1320 g/mol. The summed E-state index contributed by atoms with van der Waals surface area (Å²) in [6.45, 7) is 7.44. The summed E-state index contributed by atoms with van der Waals surface area (Å²) >= 11 is 0. The van der Waals surface area contributed by atoms with E-state index in [1.54, 1.807) is 7.11 Å². The van der Waals surface area contributed by atoms with Crippen LogP contribution in [0.15, 0.2) is 12.2 Å². The third-order valence-electron chi connectivity index (χ3n) is 17.1. The van der Waals surface area contributed by atoms with Crippen LogP contribution < -0.4 is 5.32 Å². The molecule has 0 aromatic heterocycles. The minimum absolute atomic E-state index is 0.0273. The Kier molecular flexibility index (Phi) is 52.2. The Balaban J connectivity index is 2.42. The summed E-state index contributed by atoms with van der Waals surface area (Å²) in [4.78, 5) is 53.6. The van der Waals surface area contributed by atoms with Gasteiger partial charge in [0.05, 0.1) is 32.5 Å². The second-order valence-corrected chi connectivity index (χ2v) is 27.4. The molecule has 528 valence electrons. The zero-order valence-corrected chi connectivity index (χ0v) is 58.1. The summed E-state index contributed by atoms with van der Waals surface area (Å²) in [5, 5.41) is 26.2. The quantitative estimate of drug-likeness (QED) is 0.0169. The number of rotatable bonds is 62. The molecule has 0 bridgehead atoms. The number of hydrogen-bond acceptors (Lipinski definition) is 15. The van der Waals surface area contributed by atoms with E-state index < -0.39 is 96.8 Å². The maximum atomic E-state index is 14.1. The fraction of sp³-hybridized carbons (Fsp3) is 0.955. The first-order chi connectivity index (χ1) is 43.1. The van der Waals surface area contributed by atoms with E-state index in [4.69, 9.17) is 46.9 Å². The van der Waals surface area contributed by atoms with Gasteiger partial charge in [0.2, 0.25) is 5.91 Å². The van der Waals surface area contributed by atoms with Gasteiger partial charge in [-0.3, -0.25) is 13.8 Å². The number of hydrogen-bond donors (Lipinski definition) is 7. The summed E-state index contributed by atoms with van der Waals surface area (Å²) in [7, 11) is -8.48. The van der Waals surface area contributed by atoms with Crippen LogP contribution in [-0.4, -0.2) is 157 Å². The molecular formula is C67H131NO19P2. The van der Waals surface area contributed by atoms with Gasteiger partial charge in [0, 0.05) is 33.4 Å². The molecule has 11 atom stereocenters. The standard InChI is InChI=1S/C67H131NO19P2/c1-6-10-14-18-21-24-27-28-29-30-31-32-35-39-43-47-59(70)68-60-63(81-51-48-56(78-5)46-42-38-17-13-9-4)62(87-89(75,76)77)57(54-69)85-66(60)83-55-58-61(71)64(79-49-44-40-36-33-25-22-19-15-11-7-2)65(67(86-58)82-52-53-84-88(72,73)74)80-50-45-41-37-34-26-23-20-16-12-8-3/h24,27,56-58,60-67,69,71H,6-23,25-26,28-55H2,1-5H3,(H,68,70)(H2,72,73,74)(H2,75,76,77)/b27-24-/t56-,57-,58-,60-,61-,62-,63-,64+,65-,66-,67+/m1/s1. The Hall–Kier alpha value is -0.970. The molecule has 2 fully saturated rings. The molecule has 2 aliphatic rings. The highest BCUT2D eigenvalue weighted by molar-refractivity contribution is 7.46. The molecule has 0 aromatic carbocycles. The smallest absolute Gasteiger partial charge is 0.394 e. The Bertz CT molecular complexity index is 1760. The van der Waals surface area contributed by atoms with Crippen molar-refractivity contribution in [3.63, 3.8) is 0 Å². The first-order valence-electron chi connectivity index (χ1n) is 35.7. The van der Waals surface area contributed by atoms with E-state index in [1.807, 2.05) is 0 Å². The Morgan fingerprint density at radius 2 is 0.921 bits per heavy atom. The number of aliphatic hydroxyl groups is 2. The highest BCUT2D eigenvalue weighted by Gasteiger charge is 2.52. The summed E-state index contributed by atoms with van der Waals surface area (Å²) in [5.41, 5.74) is 0. The summed E-state index contributed by atoms with van der Waals surface area (Å²) in [5.74, 6) is -0.385. The number of allylic oxidation sites excluding steroid dienone is 2. The van der Waals surface area contributed by atoms with Crippen molar-refractivity contribution in [3.05, 3.63) is 12.2 Å². The van der Waals surface area contributed by atoms with E-state index in [-0.39, 0.29) is 38.3 Å². The van der Waals surface area contributed by atoms with Crippen LogP contribution in [0, 0.1) is 0 Å². The second-order valence-electron chi connectivity index (χ2n) is 25.0. The highest BCUT2D eigenvalue weighted by Crippen LogP contribution is 2.43. The van der Waals surface area contributed by atoms with Gasteiger partial charge in [0.25, 0.3) is 0 Å². The number of phosphoric ester groups is 2. The minimum atomic E-state index is -5.26. The second kappa shape index (κ2) is 55.2. The van der Waals surface area contributed by atoms with Gasteiger partial charge in [-0.15, -0.1) is 0 Å². The fourth-order valence-electron chi connectivity index (χ4n) is 11.8. The maximum absolute atomic E-state index is 14.1. The average Bonchev–Trinajstić information content (AvgIpc) is 1.03. The van der Waals surface area contributed by atoms with Gasteiger partial charge >= 0.3 is 15.6 Å². The van der Waals surface area contributed by atoms with E-state index >= 15 is 0 Å². The van der Waals surface area contributed by atoms with Gasteiger partial charge in [-0.1, -0.05) is 239 Å². The number of carbonyl (C=O) groups excluding carboxylic acids is 1. The Morgan fingerprint density at radius 3 is 1.42 bits per heavy atom. The van der Waals surface area contributed by atoms with E-state index in [9.17, 15) is 43.7 Å². The van der Waals surface area contributed by atoms with Gasteiger partial charge in [-0.25, -0.2) is 9.13 Å². The zero-order chi connectivity index (χ0) is 65.1. The van der Waals surface area contributed by atoms with E-state index in [1.165, 1.54) is 103 Å². The van der Waals surface area contributed by atoms with Crippen molar-refractivity contribution in [2.45, 2.75) is 358 Å². The molecule has 89 heavy (non-hydrogen) atoms. The lowest BCUT2D eigenvalue weighted by Gasteiger charge is -2.47. The lowest BCUT2D eigenvalue weighted by Crippen LogP contribution is -2.67. The van der Waals surface area contributed by atoms with Crippen LogP contribution in [0.5, 0.6) is 0 Å². The SMILES string of the molecule is CCCCCC/C=C\CCCCCCCCCC(=O)N[C@H]1[C@H](OC[C@H]2O[C@H](OCCOP(=O)(O)O)[C@H](OCCCCCCCCCCCC)[C@@H](OCCCCCCCCCCCC)[C@@H]2O)O[C@H](CO)[C@@H](OP(=O)(O)O)[C@@H]1OCC[C@@H](CCCCCCC)OC. The summed E-state index contributed by atoms with van der Waals surface area (Å²) in [6, 6.07) is -1.26. The molecule has 0 spiro atoms. The van der Waals surface area contributed by atoms with Crippen LogP contribution in [0.25, 0.3) is 0 Å². The highest BCUT2D eigenvalue weighted by atomic mass is 31.2. The third kappa shape index (κ3) is 43.0. The molecule has 2 rings (SSSR count). The first kappa shape index (κ1) is 84.1. The van der Waals surface area contributed by atoms with Crippen molar-refractivity contribution >= 4 is 21.6 Å². The predicted molar refractivity (Wildman–Crippen MR) is 350 cm³/mol. The number of ether oxygens (including phenoxy) is 8. The van der Waals surface area contributed by atoms with Gasteiger partial charge in [-0.05, 0) is 57.8 Å². The number of carbonyl (C=O) groups is 1. The summed E-state index contributed by atoms with van der Waals surface area (Å²) in [6.07, 6.45) is 36.0. The van der Waals surface area contributed by atoms with Crippen LogP contribution in [0.3, 0.4) is 0 Å². The minimum Gasteiger partial charge on any atom is -0.394 e. The van der Waals surface area contributed by atoms with Crippen LogP contribution in [0.2, 0.25) is 0 Å². The van der Waals surface area contributed by atoms with Crippen molar-refractivity contribution in [3.8, 4) is 0 Å². The zero-order valence-electron chi connectivity index (χ0n) is 56.3. The van der Waals surface area contributed by atoms with Crippen LogP contribution in [-0.2, 0) is 60.9 Å². The maximum Gasteiger partial charge on any atom is 0.470 e. The molecule has 0 aliphatic carbocycles. The number of phosphoric acid groups is 2. The molecule has 0 unspecified atom stereocenters. The predicted octanol–water partition coefficient (Wildman–Crippen LogP) is 14.7. The number of aliphatic hydroxyl groups excluding tert-OH is 2. The van der Waals surface area contributed by atoms with Crippen molar-refractivity contribution in [2.75, 3.05) is 53.4 Å². The van der Waals surface area contributed by atoms with Gasteiger partial charge in [-0.2, -0.15) is 0 Å². The van der Waals surface area contributed by atoms with Crippen molar-refractivity contribution in [1.29, 1.82) is 0 Å². The fourth-order valence-corrected chi connectivity index (χ4v) is 12.7. The molecule has 0 radical (unpaired) electrons. The number of methoxy groups -OCH3 is 1. The number of amides is 1. The molecule has 0 aromatic rings. The van der Waals surface area contributed by atoms with Crippen molar-refractivity contribution in [2.24, 2.45) is 0 Å². The topological polar surface area (TPSA) is 277 Å². The molecule has 22 heteroatoms. The van der Waals surface area contributed by atoms with E-state index in [0.29, 0.717) is 25.9 Å². The van der Waals surface area contributed by atoms with Crippen LogP contribution >= 0.6 is 15.6 Å². The van der Waals surface area contributed by atoms with Gasteiger partial charge < -0.3 is 73.0 Å². The Morgan fingerprint density at radius 1 is 0.472 bits per heavy atom. The largest absolute Gasteiger partial charge is 0.470 e. The van der Waals surface area contributed by atoms with E-state index in [2.05, 4.69) is 45.2 Å². The molecule has 0 saturated carbocycles. The Labute approximate surface area is 539 Å². The normalized spacial score (nSPS) is 23.0. The molecule has 1 amide bonds. The molecule has 2 saturated heterocycles. The van der Waals surface area contributed by atoms with E-state index in [0.717, 1.165) is 135 Å². The van der Waals surface area contributed by atoms with Crippen molar-refractivity contribution in [1.82, 2.24) is 5.32 Å². The van der Waals surface area contributed by atoms with Gasteiger partial charge in [0.15, 0.2) is 12.6 Å². The lowest BCUT2D eigenvalue weighted by atomic mass is 9.95. The molecular weight excluding hydrogens is 1180 g/mol. The molecule has 2 aliphatic heterocycles. The van der Waals surface area contributed by atoms with Crippen LogP contribution in [0.4, 0.5) is 0 Å². The lowest BCUT2D eigenvalue weighted by molar-refractivity contribution is -0.331. The number of nitrogens with one attached hydrogen (secondary N) is 1. The monoisotopic (exact) mass is 1320 g/mol. The first-order valence-corrected chi connectivity index (χ1v) is 38.8. The summed E-state index contributed by atoms with van der Waals surface area (Å²) < 4.78 is 85.4. The van der Waals surface area contributed by atoms with Gasteiger partial charge in [0.1, 0.15) is 48.8 Å². The van der Waals surface area contributed by atoms with Crippen molar-refractivity contribution < 1.29 is 90.7 Å². The van der Waals surface area contributed by atoms with Crippen LogP contribution in [0.1, 0.15) is 291 Å². The molecule has 2 heterocycles. The molecule has 20 nitrogen and oxygen atoms in total. The molecule has 7 N–H and O–H groups in total.